The predicted octanol–water partition coefficient (Wildman–Crippen LogP) is 4.54. The van der Waals surface area contributed by atoms with E-state index in [1.54, 1.807) is 6.20 Å². The van der Waals surface area contributed by atoms with Crippen LogP contribution in [0.15, 0.2) is 67.1 Å². The van der Waals surface area contributed by atoms with Gasteiger partial charge in [0.25, 0.3) is 0 Å². The molecule has 0 radical (unpaired) electrons. The molecule has 1 aliphatic rings. The molecule has 0 amide bonds. The highest BCUT2D eigenvalue weighted by Gasteiger charge is 2.15. The minimum Gasteiger partial charge on any atom is -0.352 e. The van der Waals surface area contributed by atoms with E-state index >= 15 is 0 Å². The molecular formula is C24H20N6. The Bertz CT molecular complexity index is 1390. The quantitative estimate of drug-likeness (QED) is 0.421. The van der Waals surface area contributed by atoms with Gasteiger partial charge in [-0.05, 0) is 54.4 Å². The van der Waals surface area contributed by atoms with Crippen LogP contribution in [0, 0.1) is 0 Å². The third-order valence-corrected chi connectivity index (χ3v) is 5.74. The van der Waals surface area contributed by atoms with Crippen LogP contribution in [0.3, 0.4) is 0 Å². The fourth-order valence-electron chi connectivity index (χ4n) is 4.21. The number of pyridine rings is 2. The molecule has 0 aliphatic carbocycles. The van der Waals surface area contributed by atoms with Gasteiger partial charge in [-0.25, -0.2) is 0 Å². The lowest BCUT2D eigenvalue weighted by atomic mass is 9.98. The van der Waals surface area contributed by atoms with Crippen LogP contribution in [0.1, 0.15) is 12.0 Å². The summed E-state index contributed by atoms with van der Waals surface area (Å²) in [6.07, 6.45) is 8.85. The lowest BCUT2D eigenvalue weighted by Gasteiger charge is -2.14. The van der Waals surface area contributed by atoms with Gasteiger partial charge in [0, 0.05) is 35.3 Å². The van der Waals surface area contributed by atoms with E-state index in [2.05, 4.69) is 60.8 Å². The van der Waals surface area contributed by atoms with E-state index in [0.717, 1.165) is 64.0 Å². The van der Waals surface area contributed by atoms with Gasteiger partial charge in [0.1, 0.15) is 5.69 Å². The Kier molecular flexibility index (Phi) is 3.95. The number of benzene rings is 1. The fraction of sp³-hybridized carbons (Fsp3) is 0.125. The minimum absolute atomic E-state index is 0.910. The zero-order valence-electron chi connectivity index (χ0n) is 16.3. The molecule has 6 rings (SSSR count). The van der Waals surface area contributed by atoms with E-state index in [9.17, 15) is 0 Å². The topological polar surface area (TPSA) is 82.3 Å². The summed E-state index contributed by atoms with van der Waals surface area (Å²) >= 11 is 0. The molecule has 6 nitrogen and oxygen atoms in total. The van der Waals surface area contributed by atoms with Crippen LogP contribution in [0.4, 0.5) is 0 Å². The number of aromatic nitrogens is 5. The summed E-state index contributed by atoms with van der Waals surface area (Å²) in [7, 11) is 0. The predicted molar refractivity (Wildman–Crippen MR) is 120 cm³/mol. The summed E-state index contributed by atoms with van der Waals surface area (Å²) < 4.78 is 0. The first-order chi connectivity index (χ1) is 14.9. The second-order valence-electron chi connectivity index (χ2n) is 7.56. The molecule has 0 bridgehead atoms. The Morgan fingerprint density at radius 3 is 2.80 bits per heavy atom. The summed E-state index contributed by atoms with van der Waals surface area (Å²) in [5, 5.41) is 13.4. The average molecular weight is 392 g/mol. The maximum atomic E-state index is 4.63. The van der Waals surface area contributed by atoms with Gasteiger partial charge in [0.15, 0.2) is 0 Å². The standard InChI is InChI=1S/C24H20N6/c1-2-8-27-20(3-1)19-13-26-14-23-17(19)12-22(28-23)24-18-11-16(4-5-21(18)29-30-24)15-6-9-25-10-7-15/h1-6,8,11-14,25,28H,7,9-10H2,(H,29,30). The number of hydrogen-bond acceptors (Lipinski definition) is 4. The highest BCUT2D eigenvalue weighted by atomic mass is 15.1. The lowest BCUT2D eigenvalue weighted by Crippen LogP contribution is -2.19. The van der Waals surface area contributed by atoms with E-state index in [4.69, 9.17) is 0 Å². The van der Waals surface area contributed by atoms with E-state index in [1.807, 2.05) is 30.6 Å². The molecule has 4 aromatic heterocycles. The Balaban J connectivity index is 1.50. The Morgan fingerprint density at radius 1 is 0.933 bits per heavy atom. The van der Waals surface area contributed by atoms with Gasteiger partial charge >= 0.3 is 0 Å². The Morgan fingerprint density at radius 2 is 1.93 bits per heavy atom. The molecule has 5 aromatic rings. The van der Waals surface area contributed by atoms with E-state index in [0.29, 0.717) is 0 Å². The third kappa shape index (κ3) is 2.81. The second kappa shape index (κ2) is 6.93. The van der Waals surface area contributed by atoms with Gasteiger partial charge in [-0.2, -0.15) is 5.10 Å². The first kappa shape index (κ1) is 17.1. The highest BCUT2D eigenvalue weighted by Crippen LogP contribution is 2.34. The molecule has 0 fully saturated rings. The monoisotopic (exact) mass is 392 g/mol. The molecule has 1 aromatic carbocycles. The van der Waals surface area contributed by atoms with Gasteiger partial charge in [0.05, 0.1) is 28.6 Å². The average Bonchev–Trinajstić information content (AvgIpc) is 3.43. The largest absolute Gasteiger partial charge is 0.352 e. The first-order valence-corrected chi connectivity index (χ1v) is 10.1. The SMILES string of the molecule is C1=C(c2ccc3[nH]nc(-c4cc5c(-c6ccccn6)cncc5[nH]4)c3c2)CCNC1. The maximum Gasteiger partial charge on any atom is 0.116 e. The highest BCUT2D eigenvalue weighted by molar-refractivity contribution is 6.00. The van der Waals surface area contributed by atoms with Crippen LogP contribution in [0.25, 0.3) is 50.0 Å². The number of nitrogens with one attached hydrogen (secondary N) is 3. The first-order valence-electron chi connectivity index (χ1n) is 10.1. The molecule has 0 unspecified atom stereocenters. The zero-order chi connectivity index (χ0) is 19.9. The van der Waals surface area contributed by atoms with Crippen molar-refractivity contribution in [2.75, 3.05) is 13.1 Å². The van der Waals surface area contributed by atoms with Crippen molar-refractivity contribution in [1.82, 2.24) is 30.5 Å². The summed E-state index contributed by atoms with van der Waals surface area (Å²) in [5.41, 5.74) is 8.47. The number of aromatic amines is 2. The van der Waals surface area contributed by atoms with Crippen molar-refractivity contribution >= 4 is 27.4 Å². The molecule has 30 heavy (non-hydrogen) atoms. The van der Waals surface area contributed by atoms with Crippen LogP contribution < -0.4 is 5.32 Å². The van der Waals surface area contributed by atoms with Crippen LogP contribution in [-0.2, 0) is 0 Å². The number of hydrogen-bond donors (Lipinski definition) is 3. The molecule has 3 N–H and O–H groups in total. The van der Waals surface area contributed by atoms with Gasteiger partial charge in [-0.15, -0.1) is 0 Å². The second-order valence-corrected chi connectivity index (χ2v) is 7.56. The summed E-state index contributed by atoms with van der Waals surface area (Å²) in [6.45, 7) is 1.95. The number of fused-ring (bicyclic) bond motifs is 2. The number of H-pyrrole nitrogens is 2. The van der Waals surface area contributed by atoms with E-state index in [-0.39, 0.29) is 0 Å². The van der Waals surface area contributed by atoms with Crippen molar-refractivity contribution in [3.8, 4) is 22.6 Å². The Hall–Kier alpha value is -3.77. The molecule has 0 atom stereocenters. The van der Waals surface area contributed by atoms with E-state index < -0.39 is 0 Å². The normalized spacial score (nSPS) is 14.3. The molecule has 6 heteroatoms. The van der Waals surface area contributed by atoms with Crippen molar-refractivity contribution in [2.45, 2.75) is 6.42 Å². The van der Waals surface area contributed by atoms with Crippen molar-refractivity contribution in [3.05, 3.63) is 72.7 Å². The van der Waals surface area contributed by atoms with Gasteiger partial charge in [-0.3, -0.25) is 15.1 Å². The van der Waals surface area contributed by atoms with Gasteiger partial charge in [-0.1, -0.05) is 18.2 Å². The van der Waals surface area contributed by atoms with E-state index in [1.165, 1.54) is 11.1 Å². The Labute approximate surface area is 173 Å². The van der Waals surface area contributed by atoms with Gasteiger partial charge in [0.2, 0.25) is 0 Å². The third-order valence-electron chi connectivity index (χ3n) is 5.74. The van der Waals surface area contributed by atoms with Crippen molar-refractivity contribution in [2.24, 2.45) is 0 Å². The van der Waals surface area contributed by atoms with Crippen LogP contribution >= 0.6 is 0 Å². The van der Waals surface area contributed by atoms with Crippen LogP contribution in [0.5, 0.6) is 0 Å². The van der Waals surface area contributed by atoms with Crippen molar-refractivity contribution < 1.29 is 0 Å². The lowest BCUT2D eigenvalue weighted by molar-refractivity contribution is 0.739. The maximum absolute atomic E-state index is 4.63. The molecule has 0 spiro atoms. The van der Waals surface area contributed by atoms with Crippen LogP contribution in [-0.4, -0.2) is 38.2 Å². The van der Waals surface area contributed by atoms with Crippen molar-refractivity contribution in [3.63, 3.8) is 0 Å². The summed E-state index contributed by atoms with van der Waals surface area (Å²) in [4.78, 5) is 12.4. The molecule has 0 saturated carbocycles. The minimum atomic E-state index is 0.910. The summed E-state index contributed by atoms with van der Waals surface area (Å²) in [6, 6.07) is 14.6. The number of rotatable bonds is 3. The molecular weight excluding hydrogens is 372 g/mol. The summed E-state index contributed by atoms with van der Waals surface area (Å²) in [5.74, 6) is 0. The van der Waals surface area contributed by atoms with Crippen molar-refractivity contribution in [1.29, 1.82) is 0 Å². The zero-order valence-corrected chi connectivity index (χ0v) is 16.3. The number of nitrogens with zero attached hydrogens (tertiary/aromatic N) is 3. The van der Waals surface area contributed by atoms with Gasteiger partial charge < -0.3 is 10.3 Å². The molecule has 146 valence electrons. The molecule has 5 heterocycles. The van der Waals surface area contributed by atoms with Crippen LogP contribution in [0.2, 0.25) is 0 Å². The molecule has 1 aliphatic heterocycles. The smallest absolute Gasteiger partial charge is 0.116 e. The molecule has 0 saturated heterocycles. The fourth-order valence-corrected chi connectivity index (χ4v) is 4.21.